The molecule has 3 aromatic rings. The maximum absolute atomic E-state index is 13.4. The molecule has 0 saturated heterocycles. The van der Waals surface area contributed by atoms with E-state index < -0.39 is 22.5 Å². The second kappa shape index (κ2) is 10.6. The molecule has 1 N–H and O–H groups in total. The molecular formula is C24H24BrN3O4S. The van der Waals surface area contributed by atoms with Gasteiger partial charge in [0.25, 0.3) is 15.9 Å². The molecule has 0 aliphatic rings. The highest BCUT2D eigenvalue weighted by molar-refractivity contribution is 9.10. The molecule has 0 fully saturated rings. The third-order valence-electron chi connectivity index (χ3n) is 4.87. The van der Waals surface area contributed by atoms with Gasteiger partial charge in [0.05, 0.1) is 23.4 Å². The first kappa shape index (κ1) is 24.5. The molecule has 0 bridgehead atoms. The minimum atomic E-state index is -4.02. The first-order valence-electron chi connectivity index (χ1n) is 10.0. The topological polar surface area (TPSA) is 88.1 Å². The number of carbonyl (C=O) groups excluding carboxylic acids is 1. The summed E-state index contributed by atoms with van der Waals surface area (Å²) in [4.78, 5) is 12.8. The van der Waals surface area contributed by atoms with Gasteiger partial charge in [-0.15, -0.1) is 0 Å². The molecule has 3 aromatic carbocycles. The Hall–Kier alpha value is -3.17. The number of nitrogens with zero attached hydrogens (tertiary/aromatic N) is 2. The van der Waals surface area contributed by atoms with Gasteiger partial charge in [-0.2, -0.15) is 5.10 Å². The highest BCUT2D eigenvalue weighted by Crippen LogP contribution is 2.25. The maximum atomic E-state index is 13.4. The van der Waals surface area contributed by atoms with Crippen molar-refractivity contribution in [1.29, 1.82) is 0 Å². The van der Waals surface area contributed by atoms with E-state index in [4.69, 9.17) is 4.74 Å². The Morgan fingerprint density at radius 3 is 2.18 bits per heavy atom. The van der Waals surface area contributed by atoms with Gasteiger partial charge in [-0.25, -0.2) is 13.8 Å². The van der Waals surface area contributed by atoms with Gasteiger partial charge in [-0.3, -0.25) is 9.10 Å². The molecule has 0 radical (unpaired) electrons. The molecule has 33 heavy (non-hydrogen) atoms. The number of sulfonamides is 1. The van der Waals surface area contributed by atoms with Gasteiger partial charge in [-0.1, -0.05) is 45.8 Å². The number of benzene rings is 3. The number of hydrazone groups is 1. The van der Waals surface area contributed by atoms with E-state index >= 15 is 0 Å². The van der Waals surface area contributed by atoms with Crippen LogP contribution < -0.4 is 14.5 Å². The average molecular weight is 530 g/mol. The predicted molar refractivity (Wildman–Crippen MR) is 133 cm³/mol. The first-order chi connectivity index (χ1) is 15.7. The summed E-state index contributed by atoms with van der Waals surface area (Å²) in [5.41, 5.74) is 5.23. The number of methoxy groups -OCH3 is 1. The van der Waals surface area contributed by atoms with Crippen molar-refractivity contribution >= 4 is 43.3 Å². The molecular weight excluding hydrogens is 506 g/mol. The number of amides is 1. The minimum absolute atomic E-state index is 0.0474. The summed E-state index contributed by atoms with van der Waals surface area (Å²) in [7, 11) is -2.52. The van der Waals surface area contributed by atoms with E-state index in [1.807, 2.05) is 31.2 Å². The molecule has 0 aliphatic heterocycles. The highest BCUT2D eigenvalue weighted by Gasteiger charge is 2.27. The van der Waals surface area contributed by atoms with Crippen molar-refractivity contribution in [3.8, 4) is 5.75 Å². The molecule has 0 aliphatic carbocycles. The third kappa shape index (κ3) is 6.21. The Balaban J connectivity index is 1.86. The normalized spacial score (nSPS) is 11.7. The molecule has 1 amide bonds. The molecule has 3 rings (SSSR count). The number of carbonyl (C=O) groups is 1. The summed E-state index contributed by atoms with van der Waals surface area (Å²) < 4.78 is 33.9. The van der Waals surface area contributed by atoms with Crippen LogP contribution in [0.4, 0.5) is 5.69 Å². The van der Waals surface area contributed by atoms with Crippen LogP contribution in [0.3, 0.4) is 0 Å². The number of hydrogen-bond acceptors (Lipinski definition) is 5. The summed E-state index contributed by atoms with van der Waals surface area (Å²) in [5.74, 6) is -0.0320. The van der Waals surface area contributed by atoms with Gasteiger partial charge in [0.1, 0.15) is 12.3 Å². The molecule has 0 spiro atoms. The summed E-state index contributed by atoms with van der Waals surface area (Å²) in [6.45, 7) is 3.22. The third-order valence-corrected chi connectivity index (χ3v) is 7.18. The van der Waals surface area contributed by atoms with Gasteiger partial charge in [0.2, 0.25) is 0 Å². The molecule has 172 valence electrons. The van der Waals surface area contributed by atoms with E-state index in [-0.39, 0.29) is 4.90 Å². The minimum Gasteiger partial charge on any atom is -0.497 e. The van der Waals surface area contributed by atoms with Crippen molar-refractivity contribution in [1.82, 2.24) is 5.43 Å². The van der Waals surface area contributed by atoms with E-state index in [0.717, 1.165) is 19.9 Å². The highest BCUT2D eigenvalue weighted by atomic mass is 79.9. The monoisotopic (exact) mass is 529 g/mol. The lowest BCUT2D eigenvalue weighted by Gasteiger charge is -2.24. The number of hydrogen-bond donors (Lipinski definition) is 1. The Bertz CT molecular complexity index is 1240. The zero-order chi connectivity index (χ0) is 24.0. The van der Waals surface area contributed by atoms with Crippen LogP contribution >= 0.6 is 15.9 Å². The van der Waals surface area contributed by atoms with Crippen molar-refractivity contribution in [3.05, 3.63) is 88.4 Å². The van der Waals surface area contributed by atoms with Crippen LogP contribution in [-0.4, -0.2) is 33.7 Å². The van der Waals surface area contributed by atoms with Crippen molar-refractivity contribution in [2.24, 2.45) is 5.10 Å². The lowest BCUT2D eigenvalue weighted by atomic mass is 10.1. The second-order valence-electron chi connectivity index (χ2n) is 7.26. The number of halogens is 1. The standard InChI is InChI=1S/C24H24BrN3O4S/c1-17-4-10-21(11-5-17)28(33(30,31)23-14-12-22(32-3)13-15-23)16-24(29)27-26-18(2)19-6-8-20(25)9-7-19/h4-15H,16H2,1-3H3,(H,27,29)/b26-18-. The molecule has 0 aromatic heterocycles. The Kier molecular flexibility index (Phi) is 7.88. The zero-order valence-corrected chi connectivity index (χ0v) is 20.9. The molecule has 0 heterocycles. The fourth-order valence-electron chi connectivity index (χ4n) is 2.97. The van der Waals surface area contributed by atoms with Gasteiger partial charge in [-0.05, 0) is 67.9 Å². The molecule has 7 nitrogen and oxygen atoms in total. The summed E-state index contributed by atoms with van der Waals surface area (Å²) in [6.07, 6.45) is 0. The van der Waals surface area contributed by atoms with Crippen LogP contribution in [0.5, 0.6) is 5.75 Å². The van der Waals surface area contributed by atoms with Crippen LogP contribution in [-0.2, 0) is 14.8 Å². The van der Waals surface area contributed by atoms with E-state index in [9.17, 15) is 13.2 Å². The molecule has 0 atom stereocenters. The smallest absolute Gasteiger partial charge is 0.264 e. The lowest BCUT2D eigenvalue weighted by molar-refractivity contribution is -0.119. The molecule has 9 heteroatoms. The van der Waals surface area contributed by atoms with Crippen molar-refractivity contribution in [2.75, 3.05) is 18.0 Å². The van der Waals surface area contributed by atoms with Crippen molar-refractivity contribution in [3.63, 3.8) is 0 Å². The largest absolute Gasteiger partial charge is 0.497 e. The molecule has 0 unspecified atom stereocenters. The lowest BCUT2D eigenvalue weighted by Crippen LogP contribution is -2.39. The van der Waals surface area contributed by atoms with Gasteiger partial charge < -0.3 is 4.74 Å². The Morgan fingerprint density at radius 2 is 1.61 bits per heavy atom. The van der Waals surface area contributed by atoms with Crippen molar-refractivity contribution < 1.29 is 17.9 Å². The van der Waals surface area contributed by atoms with Gasteiger partial charge >= 0.3 is 0 Å². The van der Waals surface area contributed by atoms with E-state index in [1.54, 1.807) is 43.3 Å². The van der Waals surface area contributed by atoms with Crippen molar-refractivity contribution in [2.45, 2.75) is 18.7 Å². The Labute approximate surface area is 202 Å². The predicted octanol–water partition coefficient (Wildman–Crippen LogP) is 4.50. The van der Waals surface area contributed by atoms with E-state index in [0.29, 0.717) is 17.1 Å². The quantitative estimate of drug-likeness (QED) is 0.343. The first-order valence-corrected chi connectivity index (χ1v) is 12.3. The SMILES string of the molecule is COc1ccc(S(=O)(=O)N(CC(=O)N/N=C(/C)c2ccc(Br)cc2)c2ccc(C)cc2)cc1. The van der Waals surface area contributed by atoms with Crippen LogP contribution in [0, 0.1) is 6.92 Å². The maximum Gasteiger partial charge on any atom is 0.264 e. The van der Waals surface area contributed by atoms with Gasteiger partial charge in [0, 0.05) is 4.47 Å². The number of nitrogens with one attached hydrogen (secondary N) is 1. The number of rotatable bonds is 8. The van der Waals surface area contributed by atoms with Gasteiger partial charge in [0.15, 0.2) is 0 Å². The van der Waals surface area contributed by atoms with Crippen LogP contribution in [0.2, 0.25) is 0 Å². The van der Waals surface area contributed by atoms with E-state index in [2.05, 4.69) is 26.5 Å². The van der Waals surface area contributed by atoms with E-state index in [1.165, 1.54) is 19.2 Å². The number of ether oxygens (including phenoxy) is 1. The molecule has 0 saturated carbocycles. The summed E-state index contributed by atoms with van der Waals surface area (Å²) in [5, 5.41) is 4.13. The Morgan fingerprint density at radius 1 is 1.00 bits per heavy atom. The van der Waals surface area contributed by atoms with Crippen LogP contribution in [0.1, 0.15) is 18.1 Å². The van der Waals surface area contributed by atoms with Crippen LogP contribution in [0.25, 0.3) is 0 Å². The fourth-order valence-corrected chi connectivity index (χ4v) is 4.65. The zero-order valence-electron chi connectivity index (χ0n) is 18.4. The fraction of sp³-hybridized carbons (Fsp3) is 0.167. The summed E-state index contributed by atoms with van der Waals surface area (Å²) in [6, 6.07) is 20.4. The average Bonchev–Trinajstić information content (AvgIpc) is 2.82. The number of aryl methyl sites for hydroxylation is 1. The second-order valence-corrected chi connectivity index (χ2v) is 10.0. The van der Waals surface area contributed by atoms with Crippen LogP contribution in [0.15, 0.2) is 87.3 Å². The number of anilines is 1. The summed E-state index contributed by atoms with van der Waals surface area (Å²) >= 11 is 3.38.